The summed E-state index contributed by atoms with van der Waals surface area (Å²) in [5, 5.41) is 2.48. The third-order valence-corrected chi connectivity index (χ3v) is 7.45. The minimum Gasteiger partial charge on any atom is -0.361 e. The van der Waals surface area contributed by atoms with Gasteiger partial charge in [0.2, 0.25) is 0 Å². The molecule has 0 aliphatic carbocycles. The molecule has 1 atom stereocenters. The van der Waals surface area contributed by atoms with E-state index in [0.29, 0.717) is 12.6 Å². The minimum absolute atomic E-state index is 0.0339. The summed E-state index contributed by atoms with van der Waals surface area (Å²) in [5.41, 5.74) is 10.9. The third kappa shape index (κ3) is 5.57. The predicted octanol–water partition coefficient (Wildman–Crippen LogP) is 4.36. The van der Waals surface area contributed by atoms with Crippen molar-refractivity contribution in [2.24, 2.45) is 5.73 Å². The fourth-order valence-electron chi connectivity index (χ4n) is 4.28. The molecule has 5 nitrogen and oxygen atoms in total. The molecule has 0 unspecified atom stereocenters. The van der Waals surface area contributed by atoms with Crippen LogP contribution in [-0.4, -0.2) is 43.7 Å². The number of benzene rings is 2. The van der Waals surface area contributed by atoms with E-state index in [2.05, 4.69) is 29.2 Å². The number of fused-ring (bicyclic) bond motifs is 1. The van der Waals surface area contributed by atoms with Gasteiger partial charge in [-0.15, -0.1) is 0 Å². The van der Waals surface area contributed by atoms with Crippen molar-refractivity contribution in [1.82, 2.24) is 9.88 Å². The molecule has 0 radical (unpaired) electrons. The Labute approximate surface area is 190 Å². The molecule has 4 rings (SSSR count). The molecule has 1 aliphatic heterocycles. The topological polar surface area (TPSA) is 79.2 Å². The zero-order valence-corrected chi connectivity index (χ0v) is 19.3. The highest BCUT2D eigenvalue weighted by molar-refractivity contribution is 7.94. The Kier molecular flexibility index (Phi) is 6.94. The van der Waals surface area contributed by atoms with E-state index in [0.717, 1.165) is 35.2 Å². The molecule has 1 fully saturated rings. The zero-order chi connectivity index (χ0) is 22.6. The van der Waals surface area contributed by atoms with Crippen LogP contribution in [0.25, 0.3) is 23.1 Å². The largest absolute Gasteiger partial charge is 0.361 e. The quantitative estimate of drug-likeness (QED) is 0.535. The van der Waals surface area contributed by atoms with Gasteiger partial charge in [-0.3, -0.25) is 0 Å². The number of hydrogen-bond acceptors (Lipinski definition) is 4. The van der Waals surface area contributed by atoms with E-state index in [4.69, 9.17) is 5.73 Å². The van der Waals surface area contributed by atoms with E-state index in [1.165, 1.54) is 29.2 Å². The number of nitrogens with two attached hydrogens (primary N) is 1. The molecule has 1 aliphatic rings. The fourth-order valence-corrected chi connectivity index (χ4v) is 5.12. The summed E-state index contributed by atoms with van der Waals surface area (Å²) in [6.07, 6.45) is 10.8. The van der Waals surface area contributed by atoms with E-state index < -0.39 is 9.84 Å². The Morgan fingerprint density at radius 3 is 2.62 bits per heavy atom. The van der Waals surface area contributed by atoms with Gasteiger partial charge in [0, 0.05) is 35.1 Å². The lowest BCUT2D eigenvalue weighted by atomic mass is 10.0. The van der Waals surface area contributed by atoms with Gasteiger partial charge in [0.05, 0.1) is 5.75 Å². The first-order valence-corrected chi connectivity index (χ1v) is 12.8. The van der Waals surface area contributed by atoms with Crippen molar-refractivity contribution < 1.29 is 8.42 Å². The van der Waals surface area contributed by atoms with E-state index >= 15 is 0 Å². The smallest absolute Gasteiger partial charge is 0.175 e. The average Bonchev–Trinajstić information content (AvgIpc) is 3.39. The molecular formula is C26H31N3O2S. The summed E-state index contributed by atoms with van der Waals surface area (Å²) in [7, 11) is -1.15. The second-order valence-corrected chi connectivity index (χ2v) is 10.5. The lowest BCUT2D eigenvalue weighted by Gasteiger charge is -2.18. The normalized spacial score (nSPS) is 17.9. The Bertz CT molecular complexity index is 1220. The van der Waals surface area contributed by atoms with Crippen LogP contribution in [0.4, 0.5) is 0 Å². The molecule has 0 spiro atoms. The van der Waals surface area contributed by atoms with Crippen molar-refractivity contribution in [3.05, 3.63) is 82.4 Å². The van der Waals surface area contributed by atoms with Crippen molar-refractivity contribution in [1.29, 1.82) is 0 Å². The number of nitrogens with one attached hydrogen (secondary N) is 1. The van der Waals surface area contributed by atoms with Gasteiger partial charge in [-0.2, -0.15) is 0 Å². The molecule has 2 heterocycles. The van der Waals surface area contributed by atoms with Crippen LogP contribution in [0.5, 0.6) is 0 Å². The first-order valence-electron chi connectivity index (χ1n) is 11.1. The Morgan fingerprint density at radius 2 is 1.91 bits per heavy atom. The van der Waals surface area contributed by atoms with E-state index in [-0.39, 0.29) is 5.75 Å². The van der Waals surface area contributed by atoms with E-state index in [9.17, 15) is 8.42 Å². The maximum Gasteiger partial charge on any atom is 0.175 e. The highest BCUT2D eigenvalue weighted by Gasteiger charge is 2.22. The Morgan fingerprint density at radius 1 is 1.12 bits per heavy atom. The van der Waals surface area contributed by atoms with Gasteiger partial charge >= 0.3 is 0 Å². The van der Waals surface area contributed by atoms with Gasteiger partial charge < -0.3 is 15.6 Å². The van der Waals surface area contributed by atoms with E-state index in [1.807, 2.05) is 42.5 Å². The molecule has 6 heteroatoms. The third-order valence-electron chi connectivity index (χ3n) is 6.24. The van der Waals surface area contributed by atoms with Crippen molar-refractivity contribution >= 4 is 32.9 Å². The van der Waals surface area contributed by atoms with Crippen LogP contribution < -0.4 is 5.73 Å². The number of H-pyrrole nitrogens is 1. The second-order valence-electron chi connectivity index (χ2n) is 8.58. The number of rotatable bonds is 8. The summed E-state index contributed by atoms with van der Waals surface area (Å²) in [4.78, 5) is 5.78. The minimum atomic E-state index is -3.34. The molecule has 1 saturated heterocycles. The summed E-state index contributed by atoms with van der Waals surface area (Å²) < 4.78 is 25.0. The summed E-state index contributed by atoms with van der Waals surface area (Å²) >= 11 is 0. The van der Waals surface area contributed by atoms with Gasteiger partial charge in [0.1, 0.15) is 0 Å². The molecule has 3 aromatic rings. The Balaban J connectivity index is 1.43. The first kappa shape index (κ1) is 22.5. The number of nitrogens with zero attached hydrogens (tertiary/aromatic N) is 1. The van der Waals surface area contributed by atoms with Crippen molar-refractivity contribution in [3.63, 3.8) is 0 Å². The molecule has 0 saturated carbocycles. The van der Waals surface area contributed by atoms with Gasteiger partial charge in [-0.1, -0.05) is 42.5 Å². The van der Waals surface area contributed by atoms with Crippen LogP contribution in [0.1, 0.15) is 35.1 Å². The predicted molar refractivity (Wildman–Crippen MR) is 134 cm³/mol. The van der Waals surface area contributed by atoms with Gasteiger partial charge in [0.25, 0.3) is 0 Å². The van der Waals surface area contributed by atoms with Crippen LogP contribution in [0.15, 0.2) is 60.1 Å². The number of sulfone groups is 1. The maximum atomic E-state index is 12.5. The van der Waals surface area contributed by atoms with Crippen LogP contribution in [0.3, 0.4) is 0 Å². The molecule has 32 heavy (non-hydrogen) atoms. The highest BCUT2D eigenvalue weighted by Crippen LogP contribution is 2.26. The SMILES string of the molecule is CN1CCC[C@@H]1Cc1c[nH]c2ccc(C=CS(=O)(=O)CC=Cc3ccc(CN)cc3)cc12. The molecule has 0 amide bonds. The van der Waals surface area contributed by atoms with Crippen LogP contribution in [0.2, 0.25) is 0 Å². The molecule has 0 bridgehead atoms. The first-order chi connectivity index (χ1) is 15.4. The monoisotopic (exact) mass is 449 g/mol. The summed E-state index contributed by atoms with van der Waals surface area (Å²) in [5.74, 6) is -0.0339. The number of aromatic nitrogens is 1. The number of hydrogen-bond donors (Lipinski definition) is 2. The molecule has 2 aromatic carbocycles. The van der Waals surface area contributed by atoms with Gasteiger partial charge in [-0.05, 0) is 73.3 Å². The number of likely N-dealkylation sites (tertiary alicyclic amines) is 1. The Hall–Kier alpha value is -2.67. The van der Waals surface area contributed by atoms with Crippen LogP contribution in [-0.2, 0) is 22.8 Å². The van der Waals surface area contributed by atoms with Crippen LogP contribution >= 0.6 is 0 Å². The molecule has 1 aromatic heterocycles. The number of likely N-dealkylation sites (N-methyl/N-ethyl adjacent to an activating group) is 1. The number of aromatic amines is 1. The van der Waals surface area contributed by atoms with Crippen molar-refractivity contribution in [2.45, 2.75) is 31.8 Å². The van der Waals surface area contributed by atoms with Crippen molar-refractivity contribution in [3.8, 4) is 0 Å². The van der Waals surface area contributed by atoms with Crippen LogP contribution in [0, 0.1) is 0 Å². The highest BCUT2D eigenvalue weighted by atomic mass is 32.2. The molecular weight excluding hydrogens is 418 g/mol. The maximum absolute atomic E-state index is 12.5. The lowest BCUT2D eigenvalue weighted by molar-refractivity contribution is 0.310. The fraction of sp³-hybridized carbons (Fsp3) is 0.308. The standard InChI is InChI=1S/C26H31N3O2S/c1-29-13-2-5-24(29)17-23-19-28-26-11-10-21(16-25(23)26)12-15-32(30,31)14-3-4-20-6-8-22(18-27)9-7-20/h3-4,6-12,15-16,19,24,28H,2,5,13-14,17-18,27H2,1H3/t24-/m1/s1. The molecule has 3 N–H and O–H groups in total. The lowest BCUT2D eigenvalue weighted by Crippen LogP contribution is -2.26. The summed E-state index contributed by atoms with van der Waals surface area (Å²) in [6, 6.07) is 14.4. The molecule has 168 valence electrons. The zero-order valence-electron chi connectivity index (χ0n) is 18.5. The average molecular weight is 450 g/mol. The summed E-state index contributed by atoms with van der Waals surface area (Å²) in [6.45, 7) is 1.66. The van der Waals surface area contributed by atoms with Gasteiger partial charge in [0.15, 0.2) is 9.84 Å². The van der Waals surface area contributed by atoms with Gasteiger partial charge in [-0.25, -0.2) is 8.42 Å². The van der Waals surface area contributed by atoms with Crippen molar-refractivity contribution in [2.75, 3.05) is 19.3 Å². The van der Waals surface area contributed by atoms with E-state index in [1.54, 1.807) is 12.2 Å². The second kappa shape index (κ2) is 9.86.